The highest BCUT2D eigenvalue weighted by atomic mass is 19.1. The van der Waals surface area contributed by atoms with Crippen LogP contribution in [0, 0.1) is 5.92 Å². The van der Waals surface area contributed by atoms with Crippen molar-refractivity contribution < 1.29 is 38.0 Å². The standard InChI is InChI=1S/C17H26FNO7/c1-11(13(14(20)21)19-15(18)22)12-10-25-16(6-2-4-8-23-16)17(26-12)7-3-5-9-24-17/h11-13H,2-10H2,1H3,(H,19,22)(H,20,21)/t11-,12-,13-,16?,17?/m0/s1. The van der Waals surface area contributed by atoms with Gasteiger partial charge in [0.1, 0.15) is 6.04 Å². The third-order valence-corrected chi connectivity index (χ3v) is 5.52. The quantitative estimate of drug-likeness (QED) is 0.572. The summed E-state index contributed by atoms with van der Waals surface area (Å²) in [6.07, 6.45) is 2.26. The van der Waals surface area contributed by atoms with E-state index in [4.69, 9.17) is 18.9 Å². The first-order valence-electron chi connectivity index (χ1n) is 9.18. The van der Waals surface area contributed by atoms with Gasteiger partial charge in [-0.25, -0.2) is 9.59 Å². The topological polar surface area (TPSA) is 103 Å². The van der Waals surface area contributed by atoms with Crippen LogP contribution in [0.15, 0.2) is 0 Å². The maximum atomic E-state index is 12.7. The average Bonchev–Trinajstić information content (AvgIpc) is 2.63. The molecule has 3 aliphatic rings. The molecule has 5 atom stereocenters. The zero-order valence-electron chi connectivity index (χ0n) is 14.9. The Morgan fingerprint density at radius 1 is 1.08 bits per heavy atom. The number of ether oxygens (including phenoxy) is 4. The van der Waals surface area contributed by atoms with Gasteiger partial charge >= 0.3 is 12.1 Å². The highest BCUT2D eigenvalue weighted by Gasteiger charge is 2.62. The summed E-state index contributed by atoms with van der Waals surface area (Å²) in [6, 6.07) is -1.43. The molecule has 0 aromatic heterocycles. The first kappa shape index (κ1) is 19.5. The minimum atomic E-state index is -1.89. The summed E-state index contributed by atoms with van der Waals surface area (Å²) < 4.78 is 37.1. The van der Waals surface area contributed by atoms with Crippen molar-refractivity contribution in [1.82, 2.24) is 5.32 Å². The van der Waals surface area contributed by atoms with Crippen molar-refractivity contribution in [3.05, 3.63) is 0 Å². The molecular weight excluding hydrogens is 349 g/mol. The van der Waals surface area contributed by atoms with Gasteiger partial charge in [0, 0.05) is 18.8 Å². The van der Waals surface area contributed by atoms with Crippen LogP contribution in [0.1, 0.15) is 45.4 Å². The number of halogens is 1. The Balaban J connectivity index is 1.81. The lowest BCUT2D eigenvalue weighted by Gasteiger charge is -2.56. The molecule has 0 aromatic rings. The molecule has 0 saturated carbocycles. The molecule has 0 radical (unpaired) electrons. The van der Waals surface area contributed by atoms with Crippen LogP contribution < -0.4 is 5.32 Å². The number of fused-ring (bicyclic) bond motifs is 1. The van der Waals surface area contributed by atoms with E-state index in [1.54, 1.807) is 6.92 Å². The smallest absolute Gasteiger partial charge is 0.398 e. The lowest BCUT2D eigenvalue weighted by Crippen LogP contribution is -2.69. The predicted molar refractivity (Wildman–Crippen MR) is 86.1 cm³/mol. The number of carboxylic acid groups (broad SMARTS) is 1. The summed E-state index contributed by atoms with van der Waals surface area (Å²) >= 11 is 0. The fourth-order valence-electron chi connectivity index (χ4n) is 4.05. The van der Waals surface area contributed by atoms with E-state index >= 15 is 0 Å². The molecule has 0 aliphatic carbocycles. The number of rotatable bonds is 4. The van der Waals surface area contributed by atoms with Crippen LogP contribution in [0.3, 0.4) is 0 Å². The van der Waals surface area contributed by atoms with Crippen LogP contribution >= 0.6 is 0 Å². The zero-order chi connectivity index (χ0) is 18.8. The van der Waals surface area contributed by atoms with E-state index in [1.807, 2.05) is 5.32 Å². The number of amides is 1. The van der Waals surface area contributed by atoms with E-state index in [2.05, 4.69) is 0 Å². The van der Waals surface area contributed by atoms with Gasteiger partial charge in [0.25, 0.3) is 0 Å². The van der Waals surface area contributed by atoms with Crippen LogP contribution in [0.4, 0.5) is 9.18 Å². The number of carbonyl (C=O) groups is 2. The Labute approximate surface area is 151 Å². The molecule has 2 spiro atoms. The molecule has 0 bridgehead atoms. The first-order chi connectivity index (χ1) is 12.4. The minimum absolute atomic E-state index is 0.0816. The number of hydrogen-bond acceptors (Lipinski definition) is 6. The average molecular weight is 375 g/mol. The molecule has 3 heterocycles. The molecule has 1 amide bonds. The van der Waals surface area contributed by atoms with Gasteiger partial charge in [0.2, 0.25) is 11.6 Å². The summed E-state index contributed by atoms with van der Waals surface area (Å²) in [7, 11) is 0. The summed E-state index contributed by atoms with van der Waals surface area (Å²) in [6.45, 7) is 2.71. The molecule has 26 heavy (non-hydrogen) atoms. The van der Waals surface area contributed by atoms with Crippen LogP contribution in [-0.4, -0.2) is 60.8 Å². The van der Waals surface area contributed by atoms with Gasteiger partial charge in [-0.05, 0) is 25.7 Å². The van der Waals surface area contributed by atoms with Crippen molar-refractivity contribution in [3.8, 4) is 0 Å². The third-order valence-electron chi connectivity index (χ3n) is 5.52. The Morgan fingerprint density at radius 2 is 1.69 bits per heavy atom. The number of carboxylic acids is 1. The number of aliphatic carboxylic acids is 1. The largest absolute Gasteiger partial charge is 0.480 e. The Bertz CT molecular complexity index is 531. The molecule has 8 nitrogen and oxygen atoms in total. The van der Waals surface area contributed by atoms with Gasteiger partial charge in [0.05, 0.1) is 25.9 Å². The normalized spacial score (nSPS) is 37.2. The summed E-state index contributed by atoms with van der Waals surface area (Å²) in [5.41, 5.74) is 0. The summed E-state index contributed by atoms with van der Waals surface area (Å²) in [4.78, 5) is 22.2. The van der Waals surface area contributed by atoms with Crippen molar-refractivity contribution in [2.75, 3.05) is 19.8 Å². The van der Waals surface area contributed by atoms with Gasteiger partial charge in [-0.1, -0.05) is 6.92 Å². The zero-order valence-corrected chi connectivity index (χ0v) is 14.9. The van der Waals surface area contributed by atoms with Gasteiger partial charge in [0.15, 0.2) is 0 Å². The van der Waals surface area contributed by atoms with Crippen molar-refractivity contribution >= 4 is 12.1 Å². The maximum Gasteiger partial charge on any atom is 0.398 e. The molecule has 9 heteroatoms. The second kappa shape index (κ2) is 7.75. The second-order valence-corrected chi connectivity index (χ2v) is 7.18. The van der Waals surface area contributed by atoms with Gasteiger partial charge in [-0.2, -0.15) is 0 Å². The van der Waals surface area contributed by atoms with Gasteiger partial charge in [-0.15, -0.1) is 4.39 Å². The highest BCUT2D eigenvalue weighted by molar-refractivity contribution is 5.79. The molecule has 2 N–H and O–H groups in total. The van der Waals surface area contributed by atoms with Crippen LogP contribution in [0.2, 0.25) is 0 Å². The predicted octanol–water partition coefficient (Wildman–Crippen LogP) is 1.96. The molecular formula is C17H26FNO7. The van der Waals surface area contributed by atoms with E-state index in [-0.39, 0.29) is 6.61 Å². The second-order valence-electron chi connectivity index (χ2n) is 7.18. The SMILES string of the molecule is C[C@@H]([C@@H]1COC2(CCCCO2)C2(CCCCO2)O1)[C@H](NC(=O)F)C(=O)O. The Hall–Kier alpha value is -1.29. The summed E-state index contributed by atoms with van der Waals surface area (Å²) in [5.74, 6) is -4.16. The lowest BCUT2D eigenvalue weighted by molar-refractivity contribution is -0.469. The van der Waals surface area contributed by atoms with Gasteiger partial charge < -0.3 is 29.4 Å². The maximum absolute atomic E-state index is 12.7. The van der Waals surface area contributed by atoms with Crippen LogP contribution in [0.5, 0.6) is 0 Å². The van der Waals surface area contributed by atoms with Gasteiger partial charge in [-0.3, -0.25) is 0 Å². The fraction of sp³-hybridized carbons (Fsp3) is 0.882. The molecule has 3 rings (SSSR count). The van der Waals surface area contributed by atoms with Crippen molar-refractivity contribution in [2.24, 2.45) is 5.92 Å². The molecule has 3 aliphatic heterocycles. The third kappa shape index (κ3) is 3.58. The van der Waals surface area contributed by atoms with Crippen molar-refractivity contribution in [2.45, 2.75) is 69.2 Å². The van der Waals surface area contributed by atoms with E-state index < -0.39 is 41.8 Å². The van der Waals surface area contributed by atoms with E-state index in [0.717, 1.165) is 25.7 Å². The van der Waals surface area contributed by atoms with E-state index in [0.29, 0.717) is 26.1 Å². The van der Waals surface area contributed by atoms with Crippen LogP contribution in [0.25, 0.3) is 0 Å². The van der Waals surface area contributed by atoms with E-state index in [9.17, 15) is 19.1 Å². The Kier molecular flexibility index (Phi) is 5.81. The molecule has 3 fully saturated rings. The molecule has 3 saturated heterocycles. The number of hydrogen-bond donors (Lipinski definition) is 2. The first-order valence-corrected chi connectivity index (χ1v) is 9.18. The minimum Gasteiger partial charge on any atom is -0.480 e. The highest BCUT2D eigenvalue weighted by Crippen LogP contribution is 2.48. The Morgan fingerprint density at radius 3 is 2.19 bits per heavy atom. The molecule has 148 valence electrons. The molecule has 0 aromatic carbocycles. The fourth-order valence-corrected chi connectivity index (χ4v) is 4.05. The van der Waals surface area contributed by atoms with Crippen molar-refractivity contribution in [1.29, 1.82) is 0 Å². The van der Waals surface area contributed by atoms with E-state index in [1.165, 1.54) is 0 Å². The van der Waals surface area contributed by atoms with Crippen LogP contribution in [-0.2, 0) is 23.7 Å². The number of nitrogens with one attached hydrogen (secondary N) is 1. The van der Waals surface area contributed by atoms with Crippen molar-refractivity contribution in [3.63, 3.8) is 0 Å². The monoisotopic (exact) mass is 375 g/mol. The summed E-state index contributed by atoms with van der Waals surface area (Å²) in [5, 5.41) is 11.2. The number of carbonyl (C=O) groups excluding carboxylic acids is 1. The lowest BCUT2D eigenvalue weighted by atomic mass is 9.87. The molecule has 2 unspecified atom stereocenters.